The topological polar surface area (TPSA) is 0 Å². The first-order valence-corrected chi connectivity index (χ1v) is 5.47. The second-order valence-corrected chi connectivity index (χ2v) is 4.09. The quantitative estimate of drug-likeness (QED) is 0.603. The zero-order chi connectivity index (χ0) is 9.40. The summed E-state index contributed by atoms with van der Waals surface area (Å²) in [4.78, 5) is 1.95. The third-order valence-corrected chi connectivity index (χ3v) is 2.21. The van der Waals surface area contributed by atoms with E-state index in [1.165, 1.54) is 24.8 Å². The Morgan fingerprint density at radius 3 is 2.58 bits per heavy atom. The molecule has 0 spiro atoms. The summed E-state index contributed by atoms with van der Waals surface area (Å²) in [5.74, 6) is 0.800. The van der Waals surface area contributed by atoms with Crippen molar-refractivity contribution in [3.8, 4) is 0 Å². The van der Waals surface area contributed by atoms with E-state index in [2.05, 4.69) is 48.9 Å². The van der Waals surface area contributed by atoms with E-state index in [1.54, 1.807) is 0 Å². The van der Waals surface area contributed by atoms with Gasteiger partial charge in [0.25, 0.3) is 0 Å². The largest absolute Gasteiger partial charge is 0.0859 e. The van der Waals surface area contributed by atoms with Gasteiger partial charge in [0, 0.05) is 0 Å². The van der Waals surface area contributed by atoms with E-state index < -0.39 is 0 Å². The highest BCUT2D eigenvalue weighted by atomic mass is 79.9. The summed E-state index contributed by atoms with van der Waals surface area (Å²) >= 11 is 3.28. The van der Waals surface area contributed by atoms with Crippen molar-refractivity contribution in [3.63, 3.8) is 0 Å². The Labute approximate surface area is 84.9 Å². The summed E-state index contributed by atoms with van der Waals surface area (Å²) < 4.78 is 0. The van der Waals surface area contributed by atoms with Crippen molar-refractivity contribution < 1.29 is 0 Å². The Morgan fingerprint density at radius 2 is 2.08 bits per heavy atom. The molecule has 0 N–H and O–H groups in total. The molecule has 12 heavy (non-hydrogen) atoms. The molecule has 0 aromatic carbocycles. The fourth-order valence-corrected chi connectivity index (χ4v) is 1.27. The van der Waals surface area contributed by atoms with Crippen molar-refractivity contribution in [2.45, 2.75) is 40.0 Å². The monoisotopic (exact) mass is 230 g/mol. The maximum atomic E-state index is 3.28. The van der Waals surface area contributed by atoms with Gasteiger partial charge in [0.05, 0.1) is 0 Å². The number of hydrogen-bond donors (Lipinski definition) is 0. The van der Waals surface area contributed by atoms with Crippen molar-refractivity contribution in [1.29, 1.82) is 0 Å². The predicted octanol–water partition coefficient (Wildman–Crippen LogP) is 4.67. The van der Waals surface area contributed by atoms with E-state index in [0.717, 1.165) is 5.92 Å². The molecule has 0 amide bonds. The van der Waals surface area contributed by atoms with Crippen molar-refractivity contribution in [2.24, 2.45) is 5.92 Å². The van der Waals surface area contributed by atoms with E-state index in [4.69, 9.17) is 0 Å². The average Bonchev–Trinajstić information content (AvgIpc) is 2.00. The number of hydrogen-bond acceptors (Lipinski definition) is 0. The van der Waals surface area contributed by atoms with Crippen LogP contribution in [-0.2, 0) is 0 Å². The van der Waals surface area contributed by atoms with Crippen LogP contribution in [0.15, 0.2) is 22.7 Å². The van der Waals surface area contributed by atoms with Crippen LogP contribution in [0.1, 0.15) is 40.0 Å². The smallest absolute Gasteiger partial charge is 0.0229 e. The molecule has 0 aromatic rings. The summed E-state index contributed by atoms with van der Waals surface area (Å²) in [5, 5.41) is 0. The summed E-state index contributed by atoms with van der Waals surface area (Å²) in [7, 11) is 0. The van der Waals surface area contributed by atoms with Gasteiger partial charge in [-0.1, -0.05) is 40.6 Å². The van der Waals surface area contributed by atoms with Gasteiger partial charge in [0.1, 0.15) is 0 Å². The first-order chi connectivity index (χ1) is 5.66. The maximum Gasteiger partial charge on any atom is -0.0229 e. The molecule has 0 aromatic heterocycles. The van der Waals surface area contributed by atoms with Crippen molar-refractivity contribution in [3.05, 3.63) is 22.7 Å². The third kappa shape index (κ3) is 8.06. The lowest BCUT2D eigenvalue weighted by molar-refractivity contribution is 0.546. The molecule has 0 rings (SSSR count). The lowest BCUT2D eigenvalue weighted by Crippen LogP contribution is -1.90. The molecule has 0 saturated carbocycles. The number of allylic oxidation sites excluding steroid dienone is 3. The van der Waals surface area contributed by atoms with Crippen LogP contribution in [-0.4, -0.2) is 0 Å². The molecule has 0 saturated heterocycles. The highest BCUT2D eigenvalue weighted by Crippen LogP contribution is 2.12. The summed E-state index contributed by atoms with van der Waals surface area (Å²) in [6, 6.07) is 0. The Bertz CT molecular complexity index is 152. The third-order valence-electron chi connectivity index (χ3n) is 1.84. The van der Waals surface area contributed by atoms with Crippen LogP contribution >= 0.6 is 15.9 Å². The molecular weight excluding hydrogens is 212 g/mol. The van der Waals surface area contributed by atoms with Gasteiger partial charge in [-0.05, 0) is 44.0 Å². The Hall–Kier alpha value is -0.0400. The van der Waals surface area contributed by atoms with Gasteiger partial charge in [-0.3, -0.25) is 0 Å². The summed E-state index contributed by atoms with van der Waals surface area (Å²) in [6.45, 7) is 6.61. The Balaban J connectivity index is 3.43. The van der Waals surface area contributed by atoms with E-state index in [-0.39, 0.29) is 0 Å². The Kier molecular flexibility index (Phi) is 7.58. The molecular formula is C11H19Br. The Morgan fingerprint density at radius 1 is 1.42 bits per heavy atom. The molecule has 0 fully saturated rings. The summed E-state index contributed by atoms with van der Waals surface area (Å²) in [5.41, 5.74) is 1.43. The van der Waals surface area contributed by atoms with Crippen LogP contribution in [0.3, 0.4) is 0 Å². The van der Waals surface area contributed by atoms with Gasteiger partial charge in [0.15, 0.2) is 0 Å². The van der Waals surface area contributed by atoms with Crippen LogP contribution in [0.2, 0.25) is 0 Å². The standard InChI is InChI=1S/C11H19Br/c1-10(2)6-4-7-11(3)8-5-9-12/h5-6,9,11H,4,7-8H2,1-3H3/b9-5-. The van der Waals surface area contributed by atoms with Crippen molar-refractivity contribution in [1.82, 2.24) is 0 Å². The second-order valence-electron chi connectivity index (χ2n) is 3.56. The highest BCUT2D eigenvalue weighted by molar-refractivity contribution is 9.11. The second kappa shape index (κ2) is 7.60. The molecule has 1 atom stereocenters. The van der Waals surface area contributed by atoms with E-state index >= 15 is 0 Å². The molecule has 1 heteroatoms. The number of rotatable bonds is 5. The molecule has 70 valence electrons. The molecule has 1 unspecified atom stereocenters. The zero-order valence-electron chi connectivity index (χ0n) is 8.31. The molecule has 0 radical (unpaired) electrons. The van der Waals surface area contributed by atoms with Gasteiger partial charge < -0.3 is 0 Å². The average molecular weight is 231 g/mol. The van der Waals surface area contributed by atoms with E-state index in [9.17, 15) is 0 Å². The molecule has 0 heterocycles. The van der Waals surface area contributed by atoms with Crippen LogP contribution < -0.4 is 0 Å². The maximum absolute atomic E-state index is 3.28. The van der Waals surface area contributed by atoms with Gasteiger partial charge in [-0.25, -0.2) is 0 Å². The molecule has 0 aliphatic rings. The lowest BCUT2D eigenvalue weighted by Gasteiger charge is -2.05. The van der Waals surface area contributed by atoms with Crippen LogP contribution in [0.4, 0.5) is 0 Å². The first kappa shape index (κ1) is 12.0. The van der Waals surface area contributed by atoms with E-state index in [1.807, 2.05) is 4.99 Å². The molecule has 0 nitrogen and oxygen atoms in total. The fraction of sp³-hybridized carbons (Fsp3) is 0.636. The van der Waals surface area contributed by atoms with Gasteiger partial charge in [-0.2, -0.15) is 0 Å². The first-order valence-electron chi connectivity index (χ1n) is 4.55. The lowest BCUT2D eigenvalue weighted by atomic mass is 10.0. The minimum atomic E-state index is 0.800. The minimum absolute atomic E-state index is 0.800. The van der Waals surface area contributed by atoms with Gasteiger partial charge in [0.2, 0.25) is 0 Å². The molecule has 0 aliphatic carbocycles. The molecule has 0 aliphatic heterocycles. The van der Waals surface area contributed by atoms with E-state index in [0.29, 0.717) is 0 Å². The zero-order valence-corrected chi connectivity index (χ0v) is 9.89. The van der Waals surface area contributed by atoms with Crippen LogP contribution in [0, 0.1) is 5.92 Å². The van der Waals surface area contributed by atoms with Crippen LogP contribution in [0.5, 0.6) is 0 Å². The van der Waals surface area contributed by atoms with Crippen LogP contribution in [0.25, 0.3) is 0 Å². The van der Waals surface area contributed by atoms with Gasteiger partial charge in [-0.15, -0.1) is 0 Å². The SMILES string of the molecule is CC(C)=CCCC(C)C/C=C\Br. The molecule has 0 bridgehead atoms. The predicted molar refractivity (Wildman–Crippen MR) is 60.5 cm³/mol. The number of halogens is 1. The van der Waals surface area contributed by atoms with Crippen molar-refractivity contribution >= 4 is 15.9 Å². The highest BCUT2D eigenvalue weighted by Gasteiger charge is 1.96. The summed E-state index contributed by atoms with van der Waals surface area (Å²) in [6.07, 6.45) is 8.19. The van der Waals surface area contributed by atoms with Crippen molar-refractivity contribution in [2.75, 3.05) is 0 Å². The minimum Gasteiger partial charge on any atom is -0.0859 e. The normalized spacial score (nSPS) is 13.3. The van der Waals surface area contributed by atoms with Gasteiger partial charge >= 0.3 is 0 Å². The fourth-order valence-electron chi connectivity index (χ4n) is 1.06.